The molecule has 3 rings (SSSR count). The predicted molar refractivity (Wildman–Crippen MR) is 99.3 cm³/mol. The van der Waals surface area contributed by atoms with Gasteiger partial charge in [0.15, 0.2) is 0 Å². The lowest BCUT2D eigenvalue weighted by molar-refractivity contribution is -0.118. The number of pyridine rings is 1. The zero-order valence-electron chi connectivity index (χ0n) is 17.4. The van der Waals surface area contributed by atoms with E-state index >= 15 is 0 Å². The molecule has 0 saturated carbocycles. The van der Waals surface area contributed by atoms with E-state index in [0.717, 1.165) is 0 Å². The van der Waals surface area contributed by atoms with E-state index in [4.69, 9.17) is 31.9 Å². The Morgan fingerprint density at radius 2 is 2.27 bits per heavy atom. The van der Waals surface area contributed by atoms with Crippen molar-refractivity contribution in [2.75, 3.05) is 24.2 Å². The third kappa shape index (κ3) is 3.24. The molecule has 0 saturated heterocycles. The van der Waals surface area contributed by atoms with Crippen molar-refractivity contribution in [3.05, 3.63) is 33.7 Å². The van der Waals surface area contributed by atoms with Crippen molar-refractivity contribution in [3.63, 3.8) is 0 Å². The van der Waals surface area contributed by atoms with Gasteiger partial charge in [-0.1, -0.05) is 11.6 Å². The van der Waals surface area contributed by atoms with Gasteiger partial charge in [-0.15, -0.1) is 0 Å². The molecule has 2 aromatic heterocycles. The molecule has 0 bridgehead atoms. The topological polar surface area (TPSA) is 120 Å². The standard InChI is InChI=1S/C17H21ClN6O2/c1-8-5-21-11(9(2)14(8)26-3)7-24-6-10(4-12(19)25)13-15(18)22-17(20)23-16(13)24/h5,10H,4,6-7H2,1-3H3,(H2,19,25)(H2,20,22,23)/t10-/m0/s1/i3D3. The van der Waals surface area contributed by atoms with Crippen molar-refractivity contribution in [2.45, 2.75) is 32.7 Å². The van der Waals surface area contributed by atoms with Gasteiger partial charge in [0.2, 0.25) is 11.9 Å². The van der Waals surface area contributed by atoms with Crippen LogP contribution in [0.4, 0.5) is 11.8 Å². The van der Waals surface area contributed by atoms with Crippen LogP contribution in [0.2, 0.25) is 5.15 Å². The van der Waals surface area contributed by atoms with Crippen molar-refractivity contribution >= 4 is 29.3 Å². The second-order valence-corrected chi connectivity index (χ2v) is 6.66. The van der Waals surface area contributed by atoms with Gasteiger partial charge in [0, 0.05) is 41.8 Å². The lowest BCUT2D eigenvalue weighted by Gasteiger charge is -2.21. The van der Waals surface area contributed by atoms with Gasteiger partial charge >= 0.3 is 0 Å². The van der Waals surface area contributed by atoms with Gasteiger partial charge < -0.3 is 21.1 Å². The Balaban J connectivity index is 1.98. The number of hydrogen-bond acceptors (Lipinski definition) is 7. The SMILES string of the molecule is [2H]C([2H])([2H])Oc1c(C)cnc(CN2C[C@H](CC(N)=O)c3c(Cl)nc(N)nc32)c1C. The Morgan fingerprint density at radius 1 is 1.50 bits per heavy atom. The van der Waals surface area contributed by atoms with E-state index in [-0.39, 0.29) is 29.2 Å². The highest BCUT2D eigenvalue weighted by Crippen LogP contribution is 2.41. The minimum atomic E-state index is -2.57. The Kier molecular flexibility index (Phi) is 3.89. The van der Waals surface area contributed by atoms with Gasteiger partial charge in [0.25, 0.3) is 0 Å². The fourth-order valence-electron chi connectivity index (χ4n) is 3.29. The molecule has 1 aliphatic heterocycles. The summed E-state index contributed by atoms with van der Waals surface area (Å²) in [7, 11) is -2.57. The summed E-state index contributed by atoms with van der Waals surface area (Å²) >= 11 is 6.26. The van der Waals surface area contributed by atoms with Gasteiger partial charge in [-0.2, -0.15) is 4.98 Å². The van der Waals surface area contributed by atoms with Gasteiger partial charge in [-0.05, 0) is 13.8 Å². The molecule has 2 aromatic rings. The highest BCUT2D eigenvalue weighted by atomic mass is 35.5. The molecule has 8 nitrogen and oxygen atoms in total. The maximum atomic E-state index is 11.5. The number of ether oxygens (including phenoxy) is 1. The van der Waals surface area contributed by atoms with E-state index in [1.165, 1.54) is 0 Å². The first-order valence-electron chi connectivity index (χ1n) is 9.46. The first-order chi connectivity index (χ1) is 13.5. The smallest absolute Gasteiger partial charge is 0.223 e. The maximum absolute atomic E-state index is 11.5. The summed E-state index contributed by atoms with van der Waals surface area (Å²) in [4.78, 5) is 26.1. The van der Waals surface area contributed by atoms with Crippen LogP contribution in [0, 0.1) is 13.8 Å². The third-order valence-corrected chi connectivity index (χ3v) is 4.77. The number of aromatic nitrogens is 3. The molecule has 0 spiro atoms. The molecule has 0 aliphatic carbocycles. The maximum Gasteiger partial charge on any atom is 0.223 e. The van der Waals surface area contributed by atoms with Crippen molar-refractivity contribution < 1.29 is 13.6 Å². The number of carbonyl (C=O) groups is 1. The highest BCUT2D eigenvalue weighted by molar-refractivity contribution is 6.30. The number of carbonyl (C=O) groups excluding carboxylic acids is 1. The van der Waals surface area contributed by atoms with Gasteiger partial charge in [-0.3, -0.25) is 9.78 Å². The highest BCUT2D eigenvalue weighted by Gasteiger charge is 2.35. The summed E-state index contributed by atoms with van der Waals surface area (Å²) in [5.74, 6) is 0.0452. The van der Waals surface area contributed by atoms with E-state index in [2.05, 4.69) is 15.0 Å². The normalized spacial score (nSPS) is 18.0. The minimum absolute atomic E-state index is 0.0125. The van der Waals surface area contributed by atoms with Gasteiger partial charge in [0.05, 0.1) is 23.4 Å². The minimum Gasteiger partial charge on any atom is -0.496 e. The molecule has 0 unspecified atom stereocenters. The number of amides is 1. The summed E-state index contributed by atoms with van der Waals surface area (Å²) in [6.07, 6.45) is 1.65. The Bertz CT molecular complexity index is 969. The summed E-state index contributed by atoms with van der Waals surface area (Å²) in [6.45, 7) is 4.18. The molecule has 1 aliphatic rings. The number of rotatable bonds is 5. The van der Waals surface area contributed by atoms with Crippen LogP contribution in [0.25, 0.3) is 0 Å². The molecule has 0 radical (unpaired) electrons. The number of primary amides is 1. The number of aryl methyl sites for hydroxylation is 1. The molecule has 138 valence electrons. The van der Waals surface area contributed by atoms with Crippen LogP contribution >= 0.6 is 11.6 Å². The number of halogens is 1. The number of nitrogens with zero attached hydrogens (tertiary/aromatic N) is 4. The fraction of sp³-hybridized carbons (Fsp3) is 0.412. The van der Waals surface area contributed by atoms with Crippen LogP contribution in [-0.2, 0) is 11.3 Å². The third-order valence-electron chi connectivity index (χ3n) is 4.48. The Labute approximate surface area is 160 Å². The monoisotopic (exact) mass is 379 g/mol. The van der Waals surface area contributed by atoms with E-state index in [1.54, 1.807) is 20.0 Å². The largest absolute Gasteiger partial charge is 0.496 e. The number of nitrogen functional groups attached to an aromatic ring is 1. The van der Waals surface area contributed by atoms with Crippen LogP contribution in [0.1, 0.15) is 38.8 Å². The van der Waals surface area contributed by atoms with Crippen LogP contribution in [0.15, 0.2) is 6.20 Å². The summed E-state index contributed by atoms with van der Waals surface area (Å²) in [5.41, 5.74) is 13.6. The number of fused-ring (bicyclic) bond motifs is 1. The summed E-state index contributed by atoms with van der Waals surface area (Å²) < 4.78 is 27.3. The molecule has 26 heavy (non-hydrogen) atoms. The molecule has 4 N–H and O–H groups in total. The van der Waals surface area contributed by atoms with Gasteiger partial charge in [-0.25, -0.2) is 4.98 Å². The van der Waals surface area contributed by atoms with Crippen molar-refractivity contribution in [1.82, 2.24) is 15.0 Å². The molecule has 9 heteroatoms. The predicted octanol–water partition coefficient (Wildman–Crippen LogP) is 1.71. The van der Waals surface area contributed by atoms with Crippen molar-refractivity contribution in [1.29, 1.82) is 0 Å². The van der Waals surface area contributed by atoms with Crippen molar-refractivity contribution in [3.8, 4) is 5.75 Å². The van der Waals surface area contributed by atoms with Crippen LogP contribution < -0.4 is 21.1 Å². The lowest BCUT2D eigenvalue weighted by atomic mass is 10.0. The van der Waals surface area contributed by atoms with Crippen LogP contribution in [-0.4, -0.2) is 34.4 Å². The van der Waals surface area contributed by atoms with E-state index in [0.29, 0.717) is 41.3 Å². The number of nitrogens with two attached hydrogens (primary N) is 2. The molecule has 1 amide bonds. The Morgan fingerprint density at radius 3 is 2.96 bits per heavy atom. The lowest BCUT2D eigenvalue weighted by Crippen LogP contribution is -2.25. The second-order valence-electron chi connectivity index (χ2n) is 6.30. The fourth-order valence-corrected chi connectivity index (χ4v) is 3.61. The van der Waals surface area contributed by atoms with E-state index < -0.39 is 12.9 Å². The molecule has 0 aromatic carbocycles. The average molecular weight is 380 g/mol. The first-order valence-corrected chi connectivity index (χ1v) is 8.34. The van der Waals surface area contributed by atoms with E-state index in [1.807, 2.05) is 4.90 Å². The zero-order chi connectivity index (χ0) is 21.5. The zero-order valence-corrected chi connectivity index (χ0v) is 15.2. The second kappa shape index (κ2) is 6.95. The molecular formula is C17H21ClN6O2. The van der Waals surface area contributed by atoms with E-state index in [9.17, 15) is 4.79 Å². The Hall–Kier alpha value is -2.61. The first kappa shape index (κ1) is 14.5. The van der Waals surface area contributed by atoms with Crippen LogP contribution in [0.5, 0.6) is 5.75 Å². The summed E-state index contributed by atoms with van der Waals surface area (Å²) in [6, 6.07) is 0. The number of methoxy groups -OCH3 is 1. The van der Waals surface area contributed by atoms with Crippen molar-refractivity contribution in [2.24, 2.45) is 5.73 Å². The summed E-state index contributed by atoms with van der Waals surface area (Å²) in [5, 5.41) is 0.182. The van der Waals surface area contributed by atoms with Gasteiger partial charge in [0.1, 0.15) is 16.7 Å². The number of anilines is 2. The molecule has 0 fully saturated rings. The molecule has 1 atom stereocenters. The van der Waals surface area contributed by atoms with Crippen LogP contribution in [0.3, 0.4) is 0 Å². The molecule has 3 heterocycles. The molecular weight excluding hydrogens is 356 g/mol. The number of hydrogen-bond donors (Lipinski definition) is 2. The quantitative estimate of drug-likeness (QED) is 0.758. The average Bonchev–Trinajstić information content (AvgIpc) is 2.90.